The lowest BCUT2D eigenvalue weighted by molar-refractivity contribution is -0.146. The van der Waals surface area contributed by atoms with Crippen LogP contribution < -0.4 is 4.90 Å². The van der Waals surface area contributed by atoms with Crippen LogP contribution in [-0.4, -0.2) is 29.1 Å². The summed E-state index contributed by atoms with van der Waals surface area (Å²) in [7, 11) is 0. The van der Waals surface area contributed by atoms with Crippen LogP contribution in [0.4, 0.5) is 10.2 Å². The normalized spacial score (nSPS) is 24.1. The smallest absolute Gasteiger partial charge is 0.311 e. The fourth-order valence-electron chi connectivity index (χ4n) is 1.96. The average Bonchev–Trinajstić information content (AvgIpc) is 2.62. The third kappa shape index (κ3) is 2.20. The zero-order valence-corrected chi connectivity index (χ0v) is 10.0. The van der Waals surface area contributed by atoms with Gasteiger partial charge in [-0.25, -0.2) is 9.37 Å². The van der Waals surface area contributed by atoms with Gasteiger partial charge in [0.1, 0.15) is 0 Å². The highest BCUT2D eigenvalue weighted by Gasteiger charge is 2.41. The summed E-state index contributed by atoms with van der Waals surface area (Å²) in [6.07, 6.45) is 1.84. The van der Waals surface area contributed by atoms with Crippen molar-refractivity contribution in [3.63, 3.8) is 0 Å². The molecule has 1 aromatic heterocycles. The standard InChI is InChI=1S/C11H12ClFN2O2/c1-11(10(16)17)2-3-15(6-11)9-8(13)4-7(12)5-14-9/h4-5H,2-3,6H2,1H3,(H,16,17). The van der Waals surface area contributed by atoms with E-state index in [0.29, 0.717) is 13.0 Å². The molecule has 1 aromatic rings. The summed E-state index contributed by atoms with van der Waals surface area (Å²) in [6.45, 7) is 2.39. The SMILES string of the molecule is CC1(C(=O)O)CCN(c2ncc(Cl)cc2F)C1. The Balaban J connectivity index is 2.24. The maximum absolute atomic E-state index is 13.6. The lowest BCUT2D eigenvalue weighted by Gasteiger charge is -2.21. The zero-order valence-electron chi connectivity index (χ0n) is 9.28. The highest BCUT2D eigenvalue weighted by atomic mass is 35.5. The number of hydrogen-bond donors (Lipinski definition) is 1. The second-order valence-corrected chi connectivity index (χ2v) is 4.93. The van der Waals surface area contributed by atoms with E-state index < -0.39 is 17.2 Å². The van der Waals surface area contributed by atoms with Crippen molar-refractivity contribution in [2.24, 2.45) is 5.41 Å². The Labute approximate surface area is 103 Å². The molecule has 0 amide bonds. The molecule has 0 spiro atoms. The van der Waals surface area contributed by atoms with Crippen LogP contribution in [0.1, 0.15) is 13.3 Å². The van der Waals surface area contributed by atoms with Crippen LogP contribution >= 0.6 is 11.6 Å². The Kier molecular flexibility index (Phi) is 2.95. The van der Waals surface area contributed by atoms with E-state index in [0.717, 1.165) is 0 Å². The van der Waals surface area contributed by atoms with Gasteiger partial charge >= 0.3 is 5.97 Å². The largest absolute Gasteiger partial charge is 0.481 e. The molecule has 0 aromatic carbocycles. The summed E-state index contributed by atoms with van der Waals surface area (Å²) in [4.78, 5) is 16.6. The fraction of sp³-hybridized carbons (Fsp3) is 0.455. The molecule has 1 unspecified atom stereocenters. The van der Waals surface area contributed by atoms with Gasteiger partial charge in [0.05, 0.1) is 10.4 Å². The first-order chi connectivity index (χ1) is 7.92. The Hall–Kier alpha value is -1.36. The van der Waals surface area contributed by atoms with Gasteiger partial charge in [0.2, 0.25) is 0 Å². The van der Waals surface area contributed by atoms with Crippen molar-refractivity contribution in [2.75, 3.05) is 18.0 Å². The summed E-state index contributed by atoms with van der Waals surface area (Å²) in [5, 5.41) is 9.32. The predicted octanol–water partition coefficient (Wildman–Crippen LogP) is 2.18. The summed E-state index contributed by atoms with van der Waals surface area (Å²) in [5.41, 5.74) is -0.840. The van der Waals surface area contributed by atoms with E-state index in [1.807, 2.05) is 0 Å². The molecule has 6 heteroatoms. The molecule has 4 nitrogen and oxygen atoms in total. The lowest BCUT2D eigenvalue weighted by Crippen LogP contribution is -2.32. The number of nitrogens with zero attached hydrogens (tertiary/aromatic N) is 2. The number of rotatable bonds is 2. The molecule has 1 saturated heterocycles. The number of anilines is 1. The number of halogens is 2. The molecule has 17 heavy (non-hydrogen) atoms. The molecule has 92 valence electrons. The zero-order chi connectivity index (χ0) is 12.6. The molecular formula is C11H12ClFN2O2. The van der Waals surface area contributed by atoms with Gasteiger partial charge in [-0.15, -0.1) is 0 Å². The van der Waals surface area contributed by atoms with Crippen LogP contribution in [0.25, 0.3) is 0 Å². The van der Waals surface area contributed by atoms with Crippen LogP contribution in [0, 0.1) is 11.2 Å². The van der Waals surface area contributed by atoms with Crippen molar-refractivity contribution >= 4 is 23.4 Å². The van der Waals surface area contributed by atoms with E-state index in [2.05, 4.69) is 4.98 Å². The maximum Gasteiger partial charge on any atom is 0.311 e. The number of aromatic nitrogens is 1. The van der Waals surface area contributed by atoms with Crippen molar-refractivity contribution in [1.29, 1.82) is 0 Å². The van der Waals surface area contributed by atoms with Gasteiger partial charge in [-0.2, -0.15) is 0 Å². The molecule has 0 aliphatic carbocycles. The van der Waals surface area contributed by atoms with E-state index >= 15 is 0 Å². The van der Waals surface area contributed by atoms with E-state index in [-0.39, 0.29) is 17.4 Å². The minimum absolute atomic E-state index is 0.166. The second kappa shape index (κ2) is 4.14. The second-order valence-electron chi connectivity index (χ2n) is 4.50. The number of hydrogen-bond acceptors (Lipinski definition) is 3. The molecule has 0 bridgehead atoms. The van der Waals surface area contributed by atoms with Crippen molar-refractivity contribution in [3.8, 4) is 0 Å². The van der Waals surface area contributed by atoms with Crippen LogP contribution in [0.2, 0.25) is 5.02 Å². The lowest BCUT2D eigenvalue weighted by atomic mass is 9.90. The molecule has 1 fully saturated rings. The highest BCUT2D eigenvalue weighted by Crippen LogP contribution is 2.33. The van der Waals surface area contributed by atoms with Gasteiger partial charge in [0.25, 0.3) is 0 Å². The van der Waals surface area contributed by atoms with Crippen molar-refractivity contribution < 1.29 is 14.3 Å². The van der Waals surface area contributed by atoms with Crippen LogP contribution in [0.15, 0.2) is 12.3 Å². The van der Waals surface area contributed by atoms with Crippen LogP contribution in [-0.2, 0) is 4.79 Å². The first kappa shape index (κ1) is 12.1. The number of carboxylic acid groups (broad SMARTS) is 1. The van der Waals surface area contributed by atoms with Gasteiger partial charge in [-0.1, -0.05) is 11.6 Å². The number of pyridine rings is 1. The van der Waals surface area contributed by atoms with Gasteiger partial charge in [0.15, 0.2) is 11.6 Å². The number of carbonyl (C=O) groups is 1. The first-order valence-corrected chi connectivity index (χ1v) is 5.59. The molecule has 1 atom stereocenters. The molecule has 2 heterocycles. The average molecular weight is 259 g/mol. The highest BCUT2D eigenvalue weighted by molar-refractivity contribution is 6.30. The molecule has 1 N–H and O–H groups in total. The predicted molar refractivity (Wildman–Crippen MR) is 61.8 cm³/mol. The van der Waals surface area contributed by atoms with E-state index in [1.54, 1.807) is 11.8 Å². The third-order valence-corrected chi connectivity index (χ3v) is 3.28. The van der Waals surface area contributed by atoms with Crippen molar-refractivity contribution in [3.05, 3.63) is 23.1 Å². The van der Waals surface area contributed by atoms with Gasteiger partial charge in [-0.05, 0) is 19.4 Å². The minimum atomic E-state index is -0.866. The quantitative estimate of drug-likeness (QED) is 0.883. The summed E-state index contributed by atoms with van der Waals surface area (Å²) < 4.78 is 13.6. The fourth-order valence-corrected chi connectivity index (χ4v) is 2.10. The summed E-state index contributed by atoms with van der Waals surface area (Å²) in [6, 6.07) is 1.18. The molecule has 0 saturated carbocycles. The van der Waals surface area contributed by atoms with Gasteiger partial charge < -0.3 is 10.0 Å². The minimum Gasteiger partial charge on any atom is -0.481 e. The summed E-state index contributed by atoms with van der Waals surface area (Å²) >= 11 is 5.61. The Bertz CT molecular complexity index is 469. The monoisotopic (exact) mass is 258 g/mol. The van der Waals surface area contributed by atoms with Crippen LogP contribution in [0.3, 0.4) is 0 Å². The topological polar surface area (TPSA) is 53.4 Å². The van der Waals surface area contributed by atoms with Crippen molar-refractivity contribution in [1.82, 2.24) is 4.98 Å². The number of aliphatic carboxylic acids is 1. The molecule has 2 rings (SSSR count). The van der Waals surface area contributed by atoms with E-state index in [9.17, 15) is 9.18 Å². The molecular weight excluding hydrogens is 247 g/mol. The third-order valence-electron chi connectivity index (χ3n) is 3.08. The maximum atomic E-state index is 13.6. The van der Waals surface area contributed by atoms with E-state index in [4.69, 9.17) is 16.7 Å². The number of carboxylic acids is 1. The van der Waals surface area contributed by atoms with Gasteiger partial charge in [-0.3, -0.25) is 4.79 Å². The van der Waals surface area contributed by atoms with Crippen LogP contribution in [0.5, 0.6) is 0 Å². The van der Waals surface area contributed by atoms with Gasteiger partial charge in [0, 0.05) is 19.3 Å². The molecule has 1 aliphatic rings. The Morgan fingerprint density at radius 1 is 1.71 bits per heavy atom. The van der Waals surface area contributed by atoms with E-state index in [1.165, 1.54) is 12.3 Å². The molecule has 1 aliphatic heterocycles. The Morgan fingerprint density at radius 2 is 2.41 bits per heavy atom. The molecule has 0 radical (unpaired) electrons. The Morgan fingerprint density at radius 3 is 2.94 bits per heavy atom. The summed E-state index contributed by atoms with van der Waals surface area (Å²) in [5.74, 6) is -1.22. The first-order valence-electron chi connectivity index (χ1n) is 5.22. The van der Waals surface area contributed by atoms with Crippen molar-refractivity contribution in [2.45, 2.75) is 13.3 Å².